The van der Waals surface area contributed by atoms with Crippen LogP contribution in [-0.2, 0) is 28.0 Å². The molecule has 0 bridgehead atoms. The second kappa shape index (κ2) is 7.59. The summed E-state index contributed by atoms with van der Waals surface area (Å²) in [5, 5.41) is 0. The number of carbonyl (C=O) groups excluding carboxylic acids is 2. The van der Waals surface area contributed by atoms with E-state index in [2.05, 4.69) is 0 Å². The second-order valence-electron chi connectivity index (χ2n) is 7.68. The fraction of sp³-hybridized carbons (Fsp3) is 0.250. The average molecular weight is 388 g/mol. The van der Waals surface area contributed by atoms with E-state index >= 15 is 0 Å². The fourth-order valence-electron chi connectivity index (χ4n) is 4.20. The summed E-state index contributed by atoms with van der Waals surface area (Å²) in [6.45, 7) is 0.447. The summed E-state index contributed by atoms with van der Waals surface area (Å²) in [5.74, 6) is -0.104. The van der Waals surface area contributed by atoms with Gasteiger partial charge in [-0.3, -0.25) is 9.59 Å². The van der Waals surface area contributed by atoms with Crippen molar-refractivity contribution in [2.45, 2.75) is 24.8 Å². The molecule has 0 radical (unpaired) electrons. The lowest BCUT2D eigenvalue weighted by Crippen LogP contribution is -2.44. The van der Waals surface area contributed by atoms with Gasteiger partial charge in [-0.1, -0.05) is 48.5 Å². The Morgan fingerprint density at radius 2 is 1.76 bits per heavy atom. The van der Waals surface area contributed by atoms with E-state index in [1.165, 1.54) is 0 Å². The number of furan rings is 1. The van der Waals surface area contributed by atoms with Crippen LogP contribution in [0, 0.1) is 0 Å². The number of carbonyl (C=O) groups is 2. The molecular formula is C24H24N2O3. The Labute approximate surface area is 170 Å². The molecule has 1 atom stereocenters. The monoisotopic (exact) mass is 388 g/mol. The minimum Gasteiger partial charge on any atom is -0.472 e. The van der Waals surface area contributed by atoms with Gasteiger partial charge in [0.15, 0.2) is 0 Å². The minimum atomic E-state index is -0.908. The third-order valence-electron chi connectivity index (χ3n) is 5.72. The minimum absolute atomic E-state index is 0.0346. The molecule has 5 heteroatoms. The van der Waals surface area contributed by atoms with Crippen LogP contribution in [-0.4, -0.2) is 30.8 Å². The lowest BCUT2D eigenvalue weighted by atomic mass is 9.73. The maximum atomic E-state index is 13.5. The van der Waals surface area contributed by atoms with E-state index in [1.54, 1.807) is 36.4 Å². The third kappa shape index (κ3) is 3.44. The Bertz CT molecular complexity index is 1010. The lowest BCUT2D eigenvalue weighted by Gasteiger charge is -2.30. The molecule has 0 fully saturated rings. The molecule has 0 saturated heterocycles. The third-order valence-corrected chi connectivity index (χ3v) is 5.72. The van der Waals surface area contributed by atoms with E-state index in [9.17, 15) is 9.59 Å². The van der Waals surface area contributed by atoms with Gasteiger partial charge in [-0.2, -0.15) is 0 Å². The van der Waals surface area contributed by atoms with Crippen LogP contribution >= 0.6 is 0 Å². The number of rotatable bonds is 6. The van der Waals surface area contributed by atoms with Crippen LogP contribution in [0.2, 0.25) is 0 Å². The molecule has 5 nitrogen and oxygen atoms in total. The molecular weight excluding hydrogens is 364 g/mol. The number of likely N-dealkylation sites (N-methyl/N-ethyl adjacent to an activating group) is 1. The highest BCUT2D eigenvalue weighted by molar-refractivity contribution is 6.09. The van der Waals surface area contributed by atoms with E-state index in [1.807, 2.05) is 60.7 Å². The first-order valence-corrected chi connectivity index (χ1v) is 9.68. The Kier molecular flexibility index (Phi) is 4.97. The van der Waals surface area contributed by atoms with Crippen LogP contribution in [0.15, 0.2) is 77.6 Å². The zero-order valence-electron chi connectivity index (χ0n) is 16.7. The SMILES string of the molecule is CN(Cc1ccoc1)C(=O)CC1(Cc2ccccc2)C(=O)N(C)c2ccccc21. The topological polar surface area (TPSA) is 53.8 Å². The maximum absolute atomic E-state index is 13.5. The summed E-state index contributed by atoms with van der Waals surface area (Å²) in [7, 11) is 3.55. The molecule has 1 aliphatic rings. The van der Waals surface area contributed by atoms with Crippen molar-refractivity contribution >= 4 is 17.5 Å². The Hall–Kier alpha value is -3.34. The number of hydrogen-bond donors (Lipinski definition) is 0. The van der Waals surface area contributed by atoms with Gasteiger partial charge in [0.25, 0.3) is 0 Å². The normalized spacial score (nSPS) is 18.0. The summed E-state index contributed by atoms with van der Waals surface area (Å²) in [4.78, 5) is 30.1. The average Bonchev–Trinajstić information content (AvgIpc) is 3.31. The van der Waals surface area contributed by atoms with E-state index in [4.69, 9.17) is 4.42 Å². The van der Waals surface area contributed by atoms with Crippen molar-refractivity contribution in [2.75, 3.05) is 19.0 Å². The van der Waals surface area contributed by atoms with Crippen LogP contribution in [0.25, 0.3) is 0 Å². The summed E-state index contributed by atoms with van der Waals surface area (Å²) >= 11 is 0. The fourth-order valence-corrected chi connectivity index (χ4v) is 4.20. The first kappa shape index (κ1) is 19.0. The van der Waals surface area contributed by atoms with Crippen molar-refractivity contribution in [2.24, 2.45) is 0 Å². The summed E-state index contributed by atoms with van der Waals surface area (Å²) < 4.78 is 5.11. The van der Waals surface area contributed by atoms with Crippen molar-refractivity contribution in [1.29, 1.82) is 0 Å². The van der Waals surface area contributed by atoms with Gasteiger partial charge >= 0.3 is 0 Å². The smallest absolute Gasteiger partial charge is 0.238 e. The Morgan fingerprint density at radius 1 is 1.03 bits per heavy atom. The summed E-state index contributed by atoms with van der Waals surface area (Å²) in [6, 6.07) is 19.5. The maximum Gasteiger partial charge on any atom is 0.238 e. The molecule has 2 aromatic carbocycles. The predicted molar refractivity (Wildman–Crippen MR) is 111 cm³/mol. The van der Waals surface area contributed by atoms with Crippen molar-refractivity contribution in [3.05, 3.63) is 89.9 Å². The van der Waals surface area contributed by atoms with Crippen LogP contribution < -0.4 is 4.90 Å². The van der Waals surface area contributed by atoms with E-state index in [0.29, 0.717) is 13.0 Å². The molecule has 0 saturated carbocycles. The number of para-hydroxylation sites is 1. The molecule has 1 aromatic heterocycles. The molecule has 4 rings (SSSR count). The predicted octanol–water partition coefficient (Wildman–Crippen LogP) is 3.79. The number of fused-ring (bicyclic) bond motifs is 1. The quantitative estimate of drug-likeness (QED) is 0.646. The number of amides is 2. The summed E-state index contributed by atoms with van der Waals surface area (Å²) in [5.41, 5.74) is 2.85. The molecule has 0 aliphatic carbocycles. The van der Waals surface area contributed by atoms with Gasteiger partial charge in [0, 0.05) is 38.3 Å². The van der Waals surface area contributed by atoms with E-state index < -0.39 is 5.41 Å². The zero-order chi connectivity index (χ0) is 20.4. The lowest BCUT2D eigenvalue weighted by molar-refractivity contribution is -0.135. The van der Waals surface area contributed by atoms with Gasteiger partial charge in [0.2, 0.25) is 11.8 Å². The molecule has 1 unspecified atom stereocenters. The number of nitrogens with zero attached hydrogens (tertiary/aromatic N) is 2. The first-order chi connectivity index (χ1) is 14.0. The van der Waals surface area contributed by atoms with Crippen molar-refractivity contribution in [1.82, 2.24) is 4.90 Å². The van der Waals surface area contributed by atoms with Gasteiger partial charge in [0.1, 0.15) is 0 Å². The van der Waals surface area contributed by atoms with Gasteiger partial charge in [-0.15, -0.1) is 0 Å². The molecule has 3 aromatic rings. The number of hydrogen-bond acceptors (Lipinski definition) is 3. The van der Waals surface area contributed by atoms with E-state index in [-0.39, 0.29) is 18.2 Å². The molecule has 0 N–H and O–H groups in total. The van der Waals surface area contributed by atoms with Crippen LogP contribution in [0.3, 0.4) is 0 Å². The number of benzene rings is 2. The highest BCUT2D eigenvalue weighted by atomic mass is 16.3. The van der Waals surface area contributed by atoms with Crippen LogP contribution in [0.5, 0.6) is 0 Å². The Morgan fingerprint density at radius 3 is 2.48 bits per heavy atom. The van der Waals surface area contributed by atoms with Gasteiger partial charge in [0.05, 0.1) is 17.9 Å². The number of anilines is 1. The highest BCUT2D eigenvalue weighted by Crippen LogP contribution is 2.45. The van der Waals surface area contributed by atoms with Crippen LogP contribution in [0.4, 0.5) is 5.69 Å². The molecule has 29 heavy (non-hydrogen) atoms. The summed E-state index contributed by atoms with van der Waals surface area (Å²) in [6.07, 6.45) is 3.83. The highest BCUT2D eigenvalue weighted by Gasteiger charge is 2.51. The van der Waals surface area contributed by atoms with Crippen molar-refractivity contribution in [3.8, 4) is 0 Å². The first-order valence-electron chi connectivity index (χ1n) is 9.68. The molecule has 1 aliphatic heterocycles. The van der Waals surface area contributed by atoms with Gasteiger partial charge in [-0.05, 0) is 29.7 Å². The van der Waals surface area contributed by atoms with E-state index in [0.717, 1.165) is 22.4 Å². The van der Waals surface area contributed by atoms with Crippen molar-refractivity contribution in [3.63, 3.8) is 0 Å². The molecule has 0 spiro atoms. The molecule has 148 valence electrons. The zero-order valence-corrected chi connectivity index (χ0v) is 16.7. The second-order valence-corrected chi connectivity index (χ2v) is 7.68. The largest absolute Gasteiger partial charge is 0.472 e. The molecule has 2 heterocycles. The standard InChI is InChI=1S/C24H24N2O3/c1-25(16-19-12-13-29-17-19)22(27)15-24(14-18-8-4-3-5-9-18)20-10-6-7-11-21(20)26(2)23(24)28/h3-13,17H,14-16H2,1-2H3. The van der Waals surface area contributed by atoms with Gasteiger partial charge < -0.3 is 14.2 Å². The van der Waals surface area contributed by atoms with Gasteiger partial charge in [-0.25, -0.2) is 0 Å². The molecule has 2 amide bonds. The van der Waals surface area contributed by atoms with Crippen molar-refractivity contribution < 1.29 is 14.0 Å². The Balaban J connectivity index is 1.70. The van der Waals surface area contributed by atoms with Crippen LogP contribution in [0.1, 0.15) is 23.1 Å².